The molecule has 0 aliphatic heterocycles. The molecule has 0 spiro atoms. The molecule has 7 rings (SSSR count). The van der Waals surface area contributed by atoms with Gasteiger partial charge in [-0.3, -0.25) is 0 Å². The molecular weight excluding hydrogens is 579 g/mol. The van der Waals surface area contributed by atoms with Crippen molar-refractivity contribution < 1.29 is 0 Å². The normalized spacial score (nSPS) is 13.2. The molecule has 0 saturated carbocycles. The first-order valence-electron chi connectivity index (χ1n) is 17.4. The second-order valence-corrected chi connectivity index (χ2v) is 13.7. The third kappa shape index (κ3) is 5.90. The summed E-state index contributed by atoms with van der Waals surface area (Å²) < 4.78 is 0. The molecule has 6 aromatic rings. The minimum atomic E-state index is -0.0506. The summed E-state index contributed by atoms with van der Waals surface area (Å²) in [5, 5.41) is 0. The Morgan fingerprint density at radius 3 is 1.94 bits per heavy atom. The second-order valence-electron chi connectivity index (χ2n) is 13.7. The molecule has 48 heavy (non-hydrogen) atoms. The summed E-state index contributed by atoms with van der Waals surface area (Å²) in [6.07, 6.45) is 4.61. The lowest BCUT2D eigenvalue weighted by Crippen LogP contribution is -2.19. The van der Waals surface area contributed by atoms with Crippen LogP contribution in [-0.2, 0) is 5.41 Å². The molecule has 0 N–H and O–H groups in total. The highest BCUT2D eigenvalue weighted by Crippen LogP contribution is 2.50. The highest BCUT2D eigenvalue weighted by molar-refractivity contribution is 5.84. The summed E-state index contributed by atoms with van der Waals surface area (Å²) >= 11 is 0. The van der Waals surface area contributed by atoms with Gasteiger partial charge < -0.3 is 4.90 Å². The largest absolute Gasteiger partial charge is 0.338 e. The van der Waals surface area contributed by atoms with E-state index in [-0.39, 0.29) is 5.41 Å². The summed E-state index contributed by atoms with van der Waals surface area (Å²) in [4.78, 5) is 2.48. The Balaban J connectivity index is 1.28. The summed E-state index contributed by atoms with van der Waals surface area (Å²) in [6.45, 7) is 12.2. The van der Waals surface area contributed by atoms with Crippen LogP contribution < -0.4 is 4.90 Å². The fraction of sp³-hybridized carbons (Fsp3) is 0.191. The molecule has 0 unspecified atom stereocenters. The molecule has 6 aromatic carbocycles. The van der Waals surface area contributed by atoms with Gasteiger partial charge in [0.1, 0.15) is 0 Å². The quantitative estimate of drug-likeness (QED) is 0.155. The number of fused-ring (bicyclic) bond motifs is 3. The maximum Gasteiger partial charge on any atom is 0.0417 e. The molecule has 238 valence electrons. The number of hydrogen-bond donors (Lipinski definition) is 0. The van der Waals surface area contributed by atoms with E-state index in [1.807, 2.05) is 0 Å². The predicted octanol–water partition coefficient (Wildman–Crippen LogP) is 13.0. The summed E-state index contributed by atoms with van der Waals surface area (Å²) in [7, 11) is 0. The smallest absolute Gasteiger partial charge is 0.0417 e. The van der Waals surface area contributed by atoms with E-state index in [1.54, 1.807) is 0 Å². The third-order valence-corrected chi connectivity index (χ3v) is 10.2. The molecule has 0 radical (unpaired) electrons. The van der Waals surface area contributed by atoms with Crippen molar-refractivity contribution >= 4 is 16.9 Å². The first kappa shape index (κ1) is 31.5. The van der Waals surface area contributed by atoms with E-state index in [0.29, 0.717) is 0 Å². The van der Waals surface area contributed by atoms with Crippen LogP contribution in [0.3, 0.4) is 0 Å². The van der Waals surface area contributed by atoms with Gasteiger partial charge in [-0.1, -0.05) is 142 Å². The van der Waals surface area contributed by atoms with Gasteiger partial charge in [0.05, 0.1) is 0 Å². The van der Waals surface area contributed by atoms with E-state index in [4.69, 9.17) is 0 Å². The first-order valence-corrected chi connectivity index (χ1v) is 17.4. The second kappa shape index (κ2) is 13.2. The van der Waals surface area contributed by atoms with E-state index >= 15 is 0 Å². The van der Waals surface area contributed by atoms with E-state index < -0.39 is 0 Å². The van der Waals surface area contributed by atoms with Gasteiger partial charge in [-0.2, -0.15) is 0 Å². The molecule has 1 aliphatic carbocycles. The van der Waals surface area contributed by atoms with E-state index in [1.165, 1.54) is 78.1 Å². The Hall–Kier alpha value is -5.14. The van der Waals surface area contributed by atoms with Gasteiger partial charge in [-0.05, 0) is 117 Å². The number of anilines is 2. The predicted molar refractivity (Wildman–Crippen MR) is 207 cm³/mol. The van der Waals surface area contributed by atoms with Crippen molar-refractivity contribution in [1.29, 1.82) is 0 Å². The monoisotopic (exact) mass is 623 g/mol. The molecule has 0 saturated heterocycles. The zero-order valence-corrected chi connectivity index (χ0v) is 28.9. The Morgan fingerprint density at radius 2 is 1.19 bits per heavy atom. The van der Waals surface area contributed by atoms with Crippen LogP contribution in [0.15, 0.2) is 146 Å². The van der Waals surface area contributed by atoms with Crippen LogP contribution in [0.4, 0.5) is 11.4 Å². The van der Waals surface area contributed by atoms with E-state index in [0.717, 1.165) is 19.4 Å². The Morgan fingerprint density at radius 1 is 0.562 bits per heavy atom. The van der Waals surface area contributed by atoms with Gasteiger partial charge in [-0.15, -0.1) is 0 Å². The zero-order chi connectivity index (χ0) is 33.3. The standard InChI is InChI=1S/C47H45N/c1-6-14-35(36-16-8-7-9-17-36)29-30-48(40-27-28-43-42-19-12-13-20-45(42)47(4,5)46(43)32-40)39-25-23-37(24-26-39)38-22-21-34(3)44(31-38)41-18-11-10-15-33(41)2/h7-13,15-29,31-32H,6,14,30H2,1-5H3/b35-29+. The number of benzene rings is 6. The number of rotatable bonds is 9. The number of hydrogen-bond acceptors (Lipinski definition) is 1. The topological polar surface area (TPSA) is 3.24 Å². The van der Waals surface area contributed by atoms with Crippen molar-refractivity contribution in [1.82, 2.24) is 0 Å². The summed E-state index contributed by atoms with van der Waals surface area (Å²) in [5.41, 5.74) is 18.3. The highest BCUT2D eigenvalue weighted by atomic mass is 15.1. The van der Waals surface area contributed by atoms with Crippen LogP contribution in [0.2, 0.25) is 0 Å². The Bertz CT molecular complexity index is 2100. The van der Waals surface area contributed by atoms with Gasteiger partial charge in [0.15, 0.2) is 0 Å². The molecule has 1 nitrogen and oxygen atoms in total. The van der Waals surface area contributed by atoms with Crippen LogP contribution in [0.1, 0.15) is 61.4 Å². The molecule has 1 aliphatic rings. The van der Waals surface area contributed by atoms with Gasteiger partial charge in [0, 0.05) is 23.3 Å². The average molecular weight is 624 g/mol. The van der Waals surface area contributed by atoms with Crippen molar-refractivity contribution in [2.45, 2.75) is 52.9 Å². The molecule has 0 heterocycles. The molecular formula is C47H45N. The first-order chi connectivity index (χ1) is 23.3. The molecule has 0 fully saturated rings. The third-order valence-electron chi connectivity index (χ3n) is 10.2. The minimum Gasteiger partial charge on any atom is -0.338 e. The lowest BCUT2D eigenvalue weighted by Gasteiger charge is -2.27. The van der Waals surface area contributed by atoms with Crippen LogP contribution >= 0.6 is 0 Å². The minimum absolute atomic E-state index is 0.0506. The van der Waals surface area contributed by atoms with Gasteiger partial charge in [-0.25, -0.2) is 0 Å². The van der Waals surface area contributed by atoms with Crippen molar-refractivity contribution in [2.75, 3.05) is 11.4 Å². The number of allylic oxidation sites excluding steroid dienone is 1. The lowest BCUT2D eigenvalue weighted by molar-refractivity contribution is 0.660. The SMILES string of the molecule is CCC/C(=C\CN(c1ccc(-c2ccc(C)c(-c3ccccc3C)c2)cc1)c1ccc2c(c1)C(C)(C)c1ccccc1-2)c1ccccc1. The highest BCUT2D eigenvalue weighted by Gasteiger charge is 2.35. The van der Waals surface area contributed by atoms with Gasteiger partial charge in [0.25, 0.3) is 0 Å². The zero-order valence-electron chi connectivity index (χ0n) is 28.9. The van der Waals surface area contributed by atoms with Gasteiger partial charge >= 0.3 is 0 Å². The van der Waals surface area contributed by atoms with Gasteiger partial charge in [0.2, 0.25) is 0 Å². The van der Waals surface area contributed by atoms with Crippen molar-refractivity contribution in [3.05, 3.63) is 173 Å². The average Bonchev–Trinajstić information content (AvgIpc) is 3.35. The molecule has 0 aromatic heterocycles. The molecule has 1 heteroatoms. The van der Waals surface area contributed by atoms with Crippen LogP contribution in [0, 0.1) is 13.8 Å². The maximum absolute atomic E-state index is 2.48. The molecule has 0 bridgehead atoms. The van der Waals surface area contributed by atoms with Crippen LogP contribution in [-0.4, -0.2) is 6.54 Å². The van der Waals surface area contributed by atoms with E-state index in [2.05, 4.69) is 185 Å². The van der Waals surface area contributed by atoms with Crippen molar-refractivity contribution in [3.63, 3.8) is 0 Å². The number of aryl methyl sites for hydroxylation is 2. The summed E-state index contributed by atoms with van der Waals surface area (Å²) in [5.74, 6) is 0. The number of nitrogens with zero attached hydrogens (tertiary/aromatic N) is 1. The van der Waals surface area contributed by atoms with Crippen molar-refractivity contribution in [2.24, 2.45) is 0 Å². The fourth-order valence-electron chi connectivity index (χ4n) is 7.51. The lowest BCUT2D eigenvalue weighted by atomic mass is 9.82. The fourth-order valence-corrected chi connectivity index (χ4v) is 7.51. The molecule has 0 atom stereocenters. The Kier molecular flexibility index (Phi) is 8.63. The van der Waals surface area contributed by atoms with Crippen LogP contribution in [0.25, 0.3) is 39.0 Å². The maximum atomic E-state index is 2.48. The van der Waals surface area contributed by atoms with Crippen molar-refractivity contribution in [3.8, 4) is 33.4 Å². The summed E-state index contributed by atoms with van der Waals surface area (Å²) in [6, 6.07) is 51.6. The Labute approximate surface area is 287 Å². The molecule has 0 amide bonds. The van der Waals surface area contributed by atoms with Crippen LogP contribution in [0.5, 0.6) is 0 Å². The van der Waals surface area contributed by atoms with E-state index in [9.17, 15) is 0 Å².